The van der Waals surface area contributed by atoms with Crippen molar-refractivity contribution >= 4 is 17.8 Å². The van der Waals surface area contributed by atoms with Crippen molar-refractivity contribution in [2.45, 2.75) is 38.4 Å². The highest BCUT2D eigenvalue weighted by Crippen LogP contribution is 2.18. The summed E-state index contributed by atoms with van der Waals surface area (Å²) < 4.78 is 64.4. The Kier molecular flexibility index (Phi) is 11.8. The van der Waals surface area contributed by atoms with Crippen LogP contribution in [0.1, 0.15) is 51.4 Å². The number of urea groups is 1. The first-order valence-corrected chi connectivity index (χ1v) is 13.1. The molecule has 0 aliphatic rings. The lowest BCUT2D eigenvalue weighted by atomic mass is 10.1. The van der Waals surface area contributed by atoms with Crippen LogP contribution in [0.2, 0.25) is 0 Å². The van der Waals surface area contributed by atoms with Gasteiger partial charge >= 0.3 is 12.2 Å². The lowest BCUT2D eigenvalue weighted by molar-refractivity contribution is -0.123. The fourth-order valence-electron chi connectivity index (χ4n) is 3.84. The molecular weight excluding hydrogens is 565 g/mol. The van der Waals surface area contributed by atoms with E-state index in [1.54, 1.807) is 11.4 Å². The van der Waals surface area contributed by atoms with Gasteiger partial charge in [-0.05, 0) is 61.2 Å². The summed E-state index contributed by atoms with van der Waals surface area (Å²) in [5.41, 5.74) is 1.42. The molecule has 0 unspecified atom stereocenters. The van der Waals surface area contributed by atoms with Crippen molar-refractivity contribution in [2.75, 3.05) is 26.3 Å². The lowest BCUT2D eigenvalue weighted by Crippen LogP contribution is -2.40. The molecule has 0 saturated carbocycles. The summed E-state index contributed by atoms with van der Waals surface area (Å²) in [5.74, 6) is -1.88. The minimum atomic E-state index is -4.54. The van der Waals surface area contributed by atoms with Gasteiger partial charge in [0.15, 0.2) is 5.69 Å². The topological polar surface area (TPSA) is 130 Å². The molecule has 3 aromatic rings. The maximum Gasteiger partial charge on any atom is 0.405 e. The van der Waals surface area contributed by atoms with Crippen LogP contribution in [-0.2, 0) is 13.0 Å². The highest BCUT2D eigenvalue weighted by atomic mass is 19.4. The van der Waals surface area contributed by atoms with Crippen LogP contribution in [0, 0.1) is 5.82 Å². The number of aromatic nitrogens is 3. The van der Waals surface area contributed by atoms with E-state index in [0.717, 1.165) is 0 Å². The van der Waals surface area contributed by atoms with E-state index in [1.165, 1.54) is 47.1 Å². The van der Waals surface area contributed by atoms with Crippen LogP contribution in [0.25, 0.3) is 5.69 Å². The van der Waals surface area contributed by atoms with Crippen molar-refractivity contribution in [3.05, 3.63) is 76.9 Å². The number of unbranched alkanes of at least 4 members (excludes halogenated alkanes) is 2. The number of amides is 4. The minimum absolute atomic E-state index is 0.00181. The van der Waals surface area contributed by atoms with E-state index in [9.17, 15) is 36.3 Å². The van der Waals surface area contributed by atoms with E-state index in [2.05, 4.69) is 26.3 Å². The van der Waals surface area contributed by atoms with E-state index >= 15 is 0 Å². The van der Waals surface area contributed by atoms with Crippen molar-refractivity contribution in [3.63, 3.8) is 0 Å². The third kappa shape index (κ3) is 10.1. The number of hydrogen-bond acceptors (Lipinski definition) is 5. The third-order valence-corrected chi connectivity index (χ3v) is 5.89. The second-order valence-electron chi connectivity index (χ2n) is 9.14. The summed E-state index contributed by atoms with van der Waals surface area (Å²) >= 11 is 0. The van der Waals surface area contributed by atoms with Crippen LogP contribution >= 0.6 is 0 Å². The van der Waals surface area contributed by atoms with Gasteiger partial charge in [0.25, 0.3) is 11.8 Å². The molecule has 226 valence electrons. The molecule has 0 aliphatic heterocycles. The number of benzene rings is 2. The van der Waals surface area contributed by atoms with Gasteiger partial charge in [0, 0.05) is 25.2 Å². The summed E-state index contributed by atoms with van der Waals surface area (Å²) in [7, 11) is 0. The molecule has 4 N–H and O–H groups in total. The average Bonchev–Trinajstić information content (AvgIpc) is 3.39. The zero-order chi connectivity index (χ0) is 30.5. The highest BCUT2D eigenvalue weighted by Gasteiger charge is 2.28. The molecule has 0 fully saturated rings. The Balaban J connectivity index is 1.60. The van der Waals surface area contributed by atoms with Crippen LogP contribution in [0.5, 0.6) is 0 Å². The average molecular weight is 596 g/mol. The zero-order valence-electron chi connectivity index (χ0n) is 22.4. The SMILES string of the molecule is O=C(NCCNC(=O)c1nnn(-c2ccc(C(=O)NCC(F)(F)F)cc2)c1CCCCCF)NCc1cccc(F)c1. The lowest BCUT2D eigenvalue weighted by Gasteiger charge is -2.11. The van der Waals surface area contributed by atoms with Crippen LogP contribution in [-0.4, -0.2) is 65.3 Å². The maximum atomic E-state index is 13.2. The first-order valence-electron chi connectivity index (χ1n) is 13.1. The number of hydrogen-bond donors (Lipinski definition) is 4. The quantitative estimate of drug-likeness (QED) is 0.167. The summed E-state index contributed by atoms with van der Waals surface area (Å²) in [4.78, 5) is 36.9. The van der Waals surface area contributed by atoms with Crippen molar-refractivity contribution in [1.82, 2.24) is 36.3 Å². The van der Waals surface area contributed by atoms with Crippen molar-refractivity contribution in [1.29, 1.82) is 0 Å². The first kappa shape index (κ1) is 32.0. The standard InChI is InChI=1S/C27H30F5N7O3/c28-12-3-1-2-7-22-23(25(41)33-13-14-34-26(42)35-16-18-5-4-6-20(29)15-18)37-38-39(22)21-10-8-19(9-11-21)24(40)36-17-27(30,31)32/h4-6,8-11,15H,1-3,7,12-14,16-17H2,(H,33,41)(H,36,40)(H2,34,35,42). The summed E-state index contributed by atoms with van der Waals surface area (Å²) in [5, 5.41) is 17.6. The van der Waals surface area contributed by atoms with Crippen LogP contribution in [0.3, 0.4) is 0 Å². The van der Waals surface area contributed by atoms with Gasteiger partial charge in [0.1, 0.15) is 12.4 Å². The summed E-state index contributed by atoms with van der Waals surface area (Å²) in [6, 6.07) is 10.8. The molecule has 0 saturated heterocycles. The Hall–Kier alpha value is -4.56. The second-order valence-corrected chi connectivity index (χ2v) is 9.14. The molecule has 42 heavy (non-hydrogen) atoms. The Labute approximate surface area is 238 Å². The monoisotopic (exact) mass is 595 g/mol. The largest absolute Gasteiger partial charge is 0.405 e. The Morgan fingerprint density at radius 3 is 2.29 bits per heavy atom. The Morgan fingerprint density at radius 1 is 0.857 bits per heavy atom. The number of nitrogens with zero attached hydrogens (tertiary/aromatic N) is 3. The predicted octanol–water partition coefficient (Wildman–Crippen LogP) is 3.61. The molecule has 2 aromatic carbocycles. The fraction of sp³-hybridized carbons (Fsp3) is 0.370. The predicted molar refractivity (Wildman–Crippen MR) is 142 cm³/mol. The molecule has 0 bridgehead atoms. The number of alkyl halides is 4. The Bertz CT molecular complexity index is 1350. The molecule has 0 radical (unpaired) electrons. The van der Waals surface area contributed by atoms with Crippen molar-refractivity contribution in [2.24, 2.45) is 0 Å². The number of nitrogens with one attached hydrogen (secondary N) is 4. The van der Waals surface area contributed by atoms with Crippen molar-refractivity contribution < 1.29 is 36.3 Å². The van der Waals surface area contributed by atoms with Crippen molar-refractivity contribution in [3.8, 4) is 5.69 Å². The molecule has 3 rings (SSSR count). The number of halogens is 5. The Morgan fingerprint density at radius 2 is 1.60 bits per heavy atom. The minimum Gasteiger partial charge on any atom is -0.349 e. The smallest absolute Gasteiger partial charge is 0.349 e. The first-order chi connectivity index (χ1) is 20.1. The molecule has 0 aliphatic carbocycles. The number of carbonyl (C=O) groups excluding carboxylic acids is 3. The third-order valence-electron chi connectivity index (χ3n) is 5.89. The molecule has 1 aromatic heterocycles. The summed E-state index contributed by atoms with van der Waals surface area (Å²) in [6.07, 6.45) is -2.79. The van der Waals surface area contributed by atoms with E-state index < -0.39 is 43.1 Å². The van der Waals surface area contributed by atoms with Gasteiger partial charge in [-0.2, -0.15) is 13.2 Å². The number of carbonyl (C=O) groups is 3. The van der Waals surface area contributed by atoms with Gasteiger partial charge in [-0.3, -0.25) is 14.0 Å². The molecule has 4 amide bonds. The van der Waals surface area contributed by atoms with Crippen LogP contribution in [0.4, 0.5) is 26.7 Å². The maximum absolute atomic E-state index is 13.2. The van der Waals surface area contributed by atoms with Gasteiger partial charge in [0.2, 0.25) is 0 Å². The van der Waals surface area contributed by atoms with Crippen LogP contribution < -0.4 is 21.3 Å². The molecule has 10 nitrogen and oxygen atoms in total. The van der Waals surface area contributed by atoms with Gasteiger partial charge in [0.05, 0.1) is 18.1 Å². The van der Waals surface area contributed by atoms with E-state index in [-0.39, 0.29) is 30.9 Å². The zero-order valence-corrected chi connectivity index (χ0v) is 22.4. The number of rotatable bonds is 14. The normalized spacial score (nSPS) is 11.2. The molecule has 0 spiro atoms. The highest BCUT2D eigenvalue weighted by molar-refractivity contribution is 5.94. The summed E-state index contributed by atoms with van der Waals surface area (Å²) in [6.45, 7) is -1.69. The molecular formula is C27H30F5N7O3. The molecule has 0 atom stereocenters. The van der Waals surface area contributed by atoms with Gasteiger partial charge in [-0.25, -0.2) is 13.9 Å². The fourth-order valence-corrected chi connectivity index (χ4v) is 3.84. The van der Waals surface area contributed by atoms with E-state index in [1.807, 2.05) is 0 Å². The molecule has 15 heteroatoms. The van der Waals surface area contributed by atoms with E-state index in [0.29, 0.717) is 42.6 Å². The van der Waals surface area contributed by atoms with Gasteiger partial charge in [-0.1, -0.05) is 23.8 Å². The molecule has 1 heterocycles. The second kappa shape index (κ2) is 15.4. The van der Waals surface area contributed by atoms with E-state index in [4.69, 9.17) is 0 Å². The van der Waals surface area contributed by atoms with Crippen LogP contribution in [0.15, 0.2) is 48.5 Å². The van der Waals surface area contributed by atoms with Gasteiger partial charge < -0.3 is 21.3 Å². The van der Waals surface area contributed by atoms with Gasteiger partial charge in [-0.15, -0.1) is 5.10 Å².